The molecule has 3 aromatic rings. The number of fused-ring (bicyclic) bond motifs is 1. The number of aliphatic hydroxyl groups excluding tert-OH is 5. The van der Waals surface area contributed by atoms with Gasteiger partial charge in [0.25, 0.3) is 0 Å². The molecule has 2 aliphatic heterocycles. The molecule has 0 aliphatic carbocycles. The van der Waals surface area contributed by atoms with E-state index in [1.807, 2.05) is 0 Å². The van der Waals surface area contributed by atoms with E-state index < -0.39 is 91.2 Å². The predicted molar refractivity (Wildman–Crippen MR) is 134 cm³/mol. The summed E-state index contributed by atoms with van der Waals surface area (Å²) < 4.78 is 27.6. The van der Waals surface area contributed by atoms with E-state index in [2.05, 4.69) is 0 Å². The Balaban J connectivity index is 1.47. The predicted octanol–water partition coefficient (Wildman–Crippen LogP) is -1.78. The molecule has 0 radical (unpaired) electrons. The first kappa shape index (κ1) is 29.0. The average molecular weight is 580 g/mol. The third kappa shape index (κ3) is 5.30. The Labute approximate surface area is 230 Å². The summed E-state index contributed by atoms with van der Waals surface area (Å²) >= 11 is 0. The molecular weight excluding hydrogens is 552 g/mol. The van der Waals surface area contributed by atoms with Crippen molar-refractivity contribution >= 4 is 11.0 Å². The van der Waals surface area contributed by atoms with Gasteiger partial charge in [-0.1, -0.05) is 0 Å². The molecule has 0 bridgehead atoms. The summed E-state index contributed by atoms with van der Waals surface area (Å²) in [6.45, 7) is -1.82. The summed E-state index contributed by atoms with van der Waals surface area (Å²) in [7, 11) is 0. The number of phenols is 3. The van der Waals surface area contributed by atoms with Gasteiger partial charge in [0.1, 0.15) is 64.3 Å². The van der Waals surface area contributed by atoms with Gasteiger partial charge in [-0.3, -0.25) is 4.79 Å². The van der Waals surface area contributed by atoms with Gasteiger partial charge < -0.3 is 69.3 Å². The highest BCUT2D eigenvalue weighted by atomic mass is 16.7. The van der Waals surface area contributed by atoms with Crippen molar-refractivity contribution < 1.29 is 69.3 Å². The highest BCUT2D eigenvalue weighted by Gasteiger charge is 2.50. The average Bonchev–Trinajstić information content (AvgIpc) is 3.23. The normalized spacial score (nSPS) is 31.9. The van der Waals surface area contributed by atoms with Gasteiger partial charge in [-0.15, -0.1) is 0 Å². The van der Waals surface area contributed by atoms with Crippen molar-refractivity contribution in [2.75, 3.05) is 19.8 Å². The van der Waals surface area contributed by atoms with Crippen molar-refractivity contribution in [1.82, 2.24) is 0 Å². The monoisotopic (exact) mass is 580 g/mol. The van der Waals surface area contributed by atoms with Crippen LogP contribution in [0.1, 0.15) is 0 Å². The molecule has 2 aromatic carbocycles. The fourth-order valence-electron chi connectivity index (χ4n) is 4.57. The van der Waals surface area contributed by atoms with E-state index in [9.17, 15) is 50.8 Å². The maximum absolute atomic E-state index is 13.5. The lowest BCUT2D eigenvalue weighted by atomic mass is 9.99. The van der Waals surface area contributed by atoms with Crippen LogP contribution in [-0.2, 0) is 14.2 Å². The summed E-state index contributed by atoms with van der Waals surface area (Å²) in [6, 6.07) is 7.33. The Bertz CT molecular complexity index is 1460. The van der Waals surface area contributed by atoms with Crippen LogP contribution in [0.2, 0.25) is 0 Å². The molecule has 222 valence electrons. The Morgan fingerprint density at radius 3 is 2.29 bits per heavy atom. The smallest absolute Gasteiger partial charge is 0.239 e. The fourth-order valence-corrected chi connectivity index (χ4v) is 4.57. The van der Waals surface area contributed by atoms with Gasteiger partial charge in [0.2, 0.25) is 17.5 Å². The summed E-state index contributed by atoms with van der Waals surface area (Å²) in [5, 5.41) is 90.7. The molecule has 0 saturated carbocycles. The molecule has 5 rings (SSSR count). The maximum Gasteiger partial charge on any atom is 0.239 e. The molecule has 2 saturated heterocycles. The number of aromatic hydroxyl groups is 3. The highest BCUT2D eigenvalue weighted by molar-refractivity contribution is 5.88. The number of rotatable bonds is 7. The van der Waals surface area contributed by atoms with Gasteiger partial charge in [-0.2, -0.15) is 0 Å². The third-order valence-corrected chi connectivity index (χ3v) is 6.95. The Morgan fingerprint density at radius 1 is 0.927 bits per heavy atom. The van der Waals surface area contributed by atoms with Gasteiger partial charge in [0.15, 0.2) is 12.1 Å². The fraction of sp³-hybridized carbons (Fsp3) is 0.423. The molecule has 8 atom stereocenters. The summed E-state index contributed by atoms with van der Waals surface area (Å²) in [4.78, 5) is 13.5. The summed E-state index contributed by atoms with van der Waals surface area (Å²) in [6.07, 6.45) is -11.9. The van der Waals surface area contributed by atoms with E-state index in [1.54, 1.807) is 0 Å². The van der Waals surface area contributed by atoms with Crippen LogP contribution in [0.4, 0.5) is 0 Å². The quantitative estimate of drug-likeness (QED) is 0.150. The molecule has 15 heteroatoms. The minimum Gasteiger partial charge on any atom is -0.508 e. The van der Waals surface area contributed by atoms with Crippen LogP contribution in [0, 0.1) is 0 Å². The second-order valence-electron chi connectivity index (χ2n) is 9.83. The van der Waals surface area contributed by atoms with Crippen LogP contribution in [0.15, 0.2) is 45.6 Å². The van der Waals surface area contributed by atoms with Crippen molar-refractivity contribution in [3.63, 3.8) is 0 Å². The van der Waals surface area contributed by atoms with Crippen molar-refractivity contribution in [3.05, 3.63) is 46.6 Å². The number of aliphatic hydroxyl groups is 6. The molecule has 2 fully saturated rings. The third-order valence-electron chi connectivity index (χ3n) is 6.95. The largest absolute Gasteiger partial charge is 0.508 e. The second kappa shape index (κ2) is 11.1. The number of benzene rings is 2. The van der Waals surface area contributed by atoms with Crippen LogP contribution in [-0.4, -0.2) is 114 Å². The lowest BCUT2D eigenvalue weighted by molar-refractivity contribution is -0.289. The number of ether oxygens (including phenoxy) is 4. The molecule has 1 aromatic heterocycles. The molecule has 0 unspecified atom stereocenters. The maximum atomic E-state index is 13.5. The van der Waals surface area contributed by atoms with Crippen LogP contribution in [0.5, 0.6) is 23.0 Å². The number of phenolic OH excluding ortho intramolecular Hbond substituents is 3. The van der Waals surface area contributed by atoms with E-state index in [-0.39, 0.29) is 28.0 Å². The van der Waals surface area contributed by atoms with Gasteiger partial charge in [-0.25, -0.2) is 0 Å². The van der Waals surface area contributed by atoms with Crippen LogP contribution in [0.25, 0.3) is 22.3 Å². The van der Waals surface area contributed by atoms with Crippen molar-refractivity contribution in [2.45, 2.75) is 48.7 Å². The molecular formula is C26H28O15. The van der Waals surface area contributed by atoms with E-state index in [0.29, 0.717) is 0 Å². The molecule has 2 aliphatic rings. The minimum absolute atomic E-state index is 0.102. The topological polar surface area (TPSA) is 249 Å². The van der Waals surface area contributed by atoms with Crippen LogP contribution in [0.3, 0.4) is 0 Å². The summed E-state index contributed by atoms with van der Waals surface area (Å²) in [5.74, 6) is -1.97. The minimum atomic E-state index is -1.98. The van der Waals surface area contributed by atoms with Gasteiger partial charge >= 0.3 is 0 Å². The second-order valence-corrected chi connectivity index (χ2v) is 9.83. The van der Waals surface area contributed by atoms with E-state index in [1.165, 1.54) is 24.3 Å². The highest BCUT2D eigenvalue weighted by Crippen LogP contribution is 2.37. The molecule has 3 heterocycles. The number of hydrogen-bond donors (Lipinski definition) is 9. The van der Waals surface area contributed by atoms with Gasteiger partial charge in [0, 0.05) is 17.7 Å². The van der Waals surface area contributed by atoms with E-state index in [4.69, 9.17) is 23.4 Å². The van der Waals surface area contributed by atoms with Crippen molar-refractivity contribution in [1.29, 1.82) is 0 Å². The van der Waals surface area contributed by atoms with Crippen LogP contribution >= 0.6 is 0 Å². The first-order chi connectivity index (χ1) is 19.4. The van der Waals surface area contributed by atoms with Crippen molar-refractivity contribution in [2.24, 2.45) is 0 Å². The molecule has 15 nitrogen and oxygen atoms in total. The molecule has 0 amide bonds. The standard InChI is InChI=1S/C26H28O15/c27-8-26(36)9-38-25(23(26)35)37-7-15-17(31)19(33)20(34)24(40-15)41-22-18(32)16-13(30)5-12(29)6-14(16)39-21(22)10-1-3-11(28)4-2-10/h1-6,15,17,19-20,23-25,27-31,33-36H,7-9H2/t15-,17+,19+,20-,23-,24+,25+,26-/m0/s1. The van der Waals surface area contributed by atoms with Gasteiger partial charge in [0.05, 0.1) is 19.8 Å². The summed E-state index contributed by atoms with van der Waals surface area (Å²) in [5.41, 5.74) is -2.93. The Hall–Kier alpha value is -3.51. The SMILES string of the molecule is O=c1c(O[C@H]2O[C@@H](CO[C@@H]3OC[C@@](O)(CO)[C@H]3O)[C@@H](O)[C@@H](O)[C@@H]2O)c(-c2ccc(O)cc2)oc2cc(O)cc(O)c12. The van der Waals surface area contributed by atoms with Crippen molar-refractivity contribution in [3.8, 4) is 34.3 Å². The van der Waals surface area contributed by atoms with Crippen LogP contribution < -0.4 is 10.2 Å². The molecule has 9 N–H and O–H groups in total. The van der Waals surface area contributed by atoms with E-state index in [0.717, 1.165) is 12.1 Å². The zero-order valence-electron chi connectivity index (χ0n) is 21.1. The molecule has 0 spiro atoms. The first-order valence-electron chi connectivity index (χ1n) is 12.4. The van der Waals surface area contributed by atoms with E-state index >= 15 is 0 Å². The zero-order chi connectivity index (χ0) is 29.6. The van der Waals surface area contributed by atoms with Gasteiger partial charge in [-0.05, 0) is 24.3 Å². The Morgan fingerprint density at radius 2 is 1.63 bits per heavy atom. The first-order valence-corrected chi connectivity index (χ1v) is 12.4. The zero-order valence-corrected chi connectivity index (χ0v) is 21.1. The number of hydrogen-bond acceptors (Lipinski definition) is 15. The lowest BCUT2D eigenvalue weighted by Crippen LogP contribution is -2.60. The Kier molecular flexibility index (Phi) is 7.82. The lowest BCUT2D eigenvalue weighted by Gasteiger charge is -2.40. The molecule has 41 heavy (non-hydrogen) atoms.